The highest BCUT2D eigenvalue weighted by atomic mass is 16.2. The highest BCUT2D eigenvalue weighted by Crippen LogP contribution is 2.11. The monoisotopic (exact) mass is 311 g/mol. The molecule has 0 amide bonds. The first-order valence-electron chi connectivity index (χ1n) is 7.81. The highest BCUT2D eigenvalue weighted by Gasteiger charge is 2.46. The number of nitrogens with two attached hydrogens (primary N) is 3. The number of carbonyl (C=O) groups excluding carboxylic acids is 3. The molecule has 7 heteroatoms. The van der Waals surface area contributed by atoms with Gasteiger partial charge in [0, 0.05) is 0 Å². The molecule has 0 fully saturated rings. The Morgan fingerprint density at radius 2 is 0.773 bits per heavy atom. The number of hydrogen-bond acceptors (Lipinski definition) is 6. The van der Waals surface area contributed by atoms with Gasteiger partial charge in [0.25, 0.3) is 0 Å². The molecule has 0 radical (unpaired) electrons. The first kappa shape index (κ1) is 21.0. The van der Waals surface area contributed by atoms with Crippen LogP contribution in [0.4, 0.5) is 0 Å². The minimum atomic E-state index is -1.47. The largest absolute Gasteiger partial charge is 0.382 e. The molecule has 0 bridgehead atoms. The molecule has 6 N–H and O–H groups in total. The van der Waals surface area contributed by atoms with Crippen LogP contribution in [0, 0.1) is 17.8 Å². The average Bonchev–Trinajstić information content (AvgIpc) is 2.43. The summed E-state index contributed by atoms with van der Waals surface area (Å²) >= 11 is 0. The Morgan fingerprint density at radius 3 is 0.909 bits per heavy atom. The second kappa shape index (κ2) is 8.55. The van der Waals surface area contributed by atoms with Crippen molar-refractivity contribution in [2.75, 3.05) is 0 Å². The first-order valence-corrected chi connectivity index (χ1v) is 7.81. The van der Waals surface area contributed by atoms with E-state index in [1.165, 1.54) is 0 Å². The van der Waals surface area contributed by atoms with Crippen LogP contribution >= 0.6 is 0 Å². The molecule has 3 unspecified atom stereocenters. The molecule has 0 aliphatic rings. The molecule has 0 aromatic rings. The molecule has 3 atom stereocenters. The number of rotatable bonds is 9. The van der Waals surface area contributed by atoms with E-state index in [1.54, 1.807) is 41.5 Å². The van der Waals surface area contributed by atoms with E-state index in [2.05, 4.69) is 0 Å². The van der Waals surface area contributed by atoms with Crippen LogP contribution in [0.5, 0.6) is 0 Å². The Morgan fingerprint density at radius 1 is 0.591 bits per heavy atom. The van der Waals surface area contributed by atoms with Crippen LogP contribution in [0.3, 0.4) is 0 Å². The Balaban J connectivity index is 5.64. The maximum atomic E-state index is 12.5. The predicted molar refractivity (Wildman–Crippen MR) is 89.2 cm³/mol. The molecule has 0 saturated heterocycles. The second-order valence-corrected chi connectivity index (χ2v) is 6.95. The van der Waals surface area contributed by atoms with Gasteiger partial charge in [-0.2, -0.15) is 0 Å². The van der Waals surface area contributed by atoms with Gasteiger partial charge < -0.3 is 31.6 Å². The average molecular weight is 311 g/mol. The fourth-order valence-electron chi connectivity index (χ4n) is 1.98. The van der Waals surface area contributed by atoms with E-state index in [4.69, 9.17) is 17.2 Å². The summed E-state index contributed by atoms with van der Waals surface area (Å²) in [5.41, 5.74) is 15.8. The maximum absolute atomic E-state index is 12.5. The van der Waals surface area contributed by atoms with Crippen LogP contribution in [0.15, 0.2) is 0 Å². The lowest BCUT2D eigenvalue weighted by Gasteiger charge is -2.25. The Labute approximate surface area is 133 Å². The standard InChI is InChI=1S/C15H30BN3O3/c1-7(2)10(17)13(20)16(14(21)11(18)8(3)4)15(22)12(19)9(5)6/h7-12H,17-19H2,1-6H3. The maximum Gasteiger partial charge on any atom is 0.382 e. The molecule has 0 heterocycles. The van der Waals surface area contributed by atoms with E-state index < -0.39 is 41.9 Å². The fraction of sp³-hybridized carbons (Fsp3) is 0.800. The van der Waals surface area contributed by atoms with Crippen molar-refractivity contribution in [3.8, 4) is 0 Å². The van der Waals surface area contributed by atoms with E-state index in [9.17, 15) is 14.4 Å². The van der Waals surface area contributed by atoms with Crippen molar-refractivity contribution in [2.24, 2.45) is 35.0 Å². The third-order valence-corrected chi connectivity index (χ3v) is 3.99. The van der Waals surface area contributed by atoms with Gasteiger partial charge in [0.15, 0.2) is 0 Å². The van der Waals surface area contributed by atoms with E-state index in [-0.39, 0.29) is 17.8 Å². The van der Waals surface area contributed by atoms with E-state index in [0.29, 0.717) is 0 Å². The van der Waals surface area contributed by atoms with Gasteiger partial charge in [0.2, 0.25) is 0 Å². The normalized spacial score (nSPS) is 15.8. The summed E-state index contributed by atoms with van der Waals surface area (Å²) in [7, 11) is 0. The smallest absolute Gasteiger partial charge is 0.322 e. The summed E-state index contributed by atoms with van der Waals surface area (Å²) in [5, 5.41) is 0. The van der Waals surface area contributed by atoms with Crippen LogP contribution in [-0.2, 0) is 14.4 Å². The van der Waals surface area contributed by atoms with Crippen molar-refractivity contribution in [2.45, 2.75) is 59.7 Å². The van der Waals surface area contributed by atoms with Gasteiger partial charge in [-0.1, -0.05) is 41.5 Å². The van der Waals surface area contributed by atoms with Crippen LogP contribution in [0.1, 0.15) is 41.5 Å². The summed E-state index contributed by atoms with van der Waals surface area (Å²) < 4.78 is 0. The highest BCUT2D eigenvalue weighted by molar-refractivity contribution is 7.28. The molecule has 0 rings (SSSR count). The van der Waals surface area contributed by atoms with Crippen molar-refractivity contribution in [3.63, 3.8) is 0 Å². The molecule has 0 saturated carbocycles. The lowest BCUT2D eigenvalue weighted by Crippen LogP contribution is -2.62. The molecule has 126 valence electrons. The zero-order chi connectivity index (χ0) is 17.8. The van der Waals surface area contributed by atoms with Gasteiger partial charge >= 0.3 is 6.71 Å². The molecule has 0 aliphatic carbocycles. The molecular formula is C15H30BN3O3. The summed E-state index contributed by atoms with van der Waals surface area (Å²) in [5.74, 6) is -0.538. The minimum Gasteiger partial charge on any atom is -0.322 e. The van der Waals surface area contributed by atoms with Gasteiger partial charge in [0.1, 0.15) is 17.0 Å². The molecule has 0 spiro atoms. The van der Waals surface area contributed by atoms with Gasteiger partial charge in [-0.05, 0) is 17.8 Å². The SMILES string of the molecule is CC(C)C(N)C(=O)B(C(=O)C(N)C(C)C)C(=O)C(N)C(C)C. The quantitative estimate of drug-likeness (QED) is 0.504. The predicted octanol–water partition coefficient (Wildman–Crippen LogP) is -0.244. The second-order valence-electron chi connectivity index (χ2n) is 6.95. The molecule has 22 heavy (non-hydrogen) atoms. The zero-order valence-corrected chi connectivity index (χ0v) is 14.5. The molecule has 0 aromatic heterocycles. The van der Waals surface area contributed by atoms with E-state index >= 15 is 0 Å². The van der Waals surface area contributed by atoms with Crippen LogP contribution < -0.4 is 17.2 Å². The molecule has 0 aromatic carbocycles. The van der Waals surface area contributed by atoms with Crippen molar-refractivity contribution in [3.05, 3.63) is 0 Å². The first-order chi connectivity index (χ1) is 9.93. The van der Waals surface area contributed by atoms with Crippen molar-refractivity contribution in [1.29, 1.82) is 0 Å². The molecular weight excluding hydrogens is 281 g/mol. The number of hydrogen-bond donors (Lipinski definition) is 3. The summed E-state index contributed by atoms with van der Waals surface area (Å²) in [4.78, 5) is 37.6. The summed E-state index contributed by atoms with van der Waals surface area (Å²) in [6, 6.07) is -2.68. The Bertz CT molecular complexity index is 362. The lowest BCUT2D eigenvalue weighted by molar-refractivity contribution is -0.121. The van der Waals surface area contributed by atoms with Gasteiger partial charge in [0.05, 0.1) is 18.1 Å². The third-order valence-electron chi connectivity index (χ3n) is 3.99. The van der Waals surface area contributed by atoms with Crippen molar-refractivity contribution in [1.82, 2.24) is 0 Å². The van der Waals surface area contributed by atoms with E-state index in [0.717, 1.165) is 0 Å². The number of carbonyl (C=O) groups is 3. The van der Waals surface area contributed by atoms with Crippen LogP contribution in [0.25, 0.3) is 0 Å². The molecule has 6 nitrogen and oxygen atoms in total. The van der Waals surface area contributed by atoms with Crippen LogP contribution in [-0.4, -0.2) is 41.9 Å². The Hall–Kier alpha value is -1.05. The topological polar surface area (TPSA) is 129 Å². The summed E-state index contributed by atoms with van der Waals surface area (Å²) in [6.07, 6.45) is 0. The fourth-order valence-corrected chi connectivity index (χ4v) is 1.98. The van der Waals surface area contributed by atoms with Gasteiger partial charge in [-0.3, -0.25) is 0 Å². The lowest BCUT2D eigenvalue weighted by atomic mass is 9.36. The van der Waals surface area contributed by atoms with Crippen molar-refractivity contribution < 1.29 is 14.4 Å². The van der Waals surface area contributed by atoms with Gasteiger partial charge in [-0.15, -0.1) is 0 Å². The minimum absolute atomic E-state index is 0.179. The summed E-state index contributed by atoms with van der Waals surface area (Å²) in [6.45, 7) is 9.11. The van der Waals surface area contributed by atoms with Gasteiger partial charge in [-0.25, -0.2) is 0 Å². The van der Waals surface area contributed by atoms with E-state index in [1.807, 2.05) is 0 Å². The Kier molecular flexibility index (Phi) is 8.15. The third kappa shape index (κ3) is 5.00. The molecule has 0 aliphatic heterocycles. The zero-order valence-electron chi connectivity index (χ0n) is 14.5. The van der Waals surface area contributed by atoms with Crippen molar-refractivity contribution >= 4 is 23.8 Å². The van der Waals surface area contributed by atoms with Crippen LogP contribution in [0.2, 0.25) is 0 Å².